The molecule has 2 aromatic rings. The van der Waals surface area contributed by atoms with E-state index in [1.54, 1.807) is 0 Å². The van der Waals surface area contributed by atoms with Crippen LogP contribution in [0.5, 0.6) is 0 Å². The standard InChI is InChI=1S/C18H20N2O/c1-13-16(12-14-8-4-5-9-15(14)19-13)20-17(21)18(2)10-6-3-7-11-18/h3-6,8-9,12H,7,10-11H2,1-2H3,(H,20,21). The summed E-state index contributed by atoms with van der Waals surface area (Å²) in [6.07, 6.45) is 6.93. The molecule has 0 saturated carbocycles. The number of allylic oxidation sites excluding steroid dienone is 2. The Morgan fingerprint density at radius 3 is 2.86 bits per heavy atom. The quantitative estimate of drug-likeness (QED) is 0.836. The number of anilines is 1. The summed E-state index contributed by atoms with van der Waals surface area (Å²) in [5.41, 5.74) is 2.32. The number of nitrogens with one attached hydrogen (secondary N) is 1. The fraction of sp³-hybridized carbons (Fsp3) is 0.333. The predicted molar refractivity (Wildman–Crippen MR) is 86.2 cm³/mol. The summed E-state index contributed by atoms with van der Waals surface area (Å²) in [5, 5.41) is 4.13. The normalized spacial score (nSPS) is 21.4. The Morgan fingerprint density at radius 2 is 2.10 bits per heavy atom. The molecular formula is C18H20N2O. The van der Waals surface area contributed by atoms with E-state index in [-0.39, 0.29) is 11.3 Å². The van der Waals surface area contributed by atoms with Gasteiger partial charge in [-0.25, -0.2) is 0 Å². The first-order chi connectivity index (χ1) is 10.1. The fourth-order valence-electron chi connectivity index (χ4n) is 2.78. The summed E-state index contributed by atoms with van der Waals surface area (Å²) >= 11 is 0. The first-order valence-corrected chi connectivity index (χ1v) is 7.41. The van der Waals surface area contributed by atoms with E-state index in [0.29, 0.717) is 0 Å². The highest BCUT2D eigenvalue weighted by atomic mass is 16.2. The average molecular weight is 280 g/mol. The van der Waals surface area contributed by atoms with Gasteiger partial charge in [0.05, 0.1) is 22.3 Å². The number of hydrogen-bond donors (Lipinski definition) is 1. The van der Waals surface area contributed by atoms with E-state index in [4.69, 9.17) is 0 Å². The van der Waals surface area contributed by atoms with E-state index in [1.807, 2.05) is 44.2 Å². The lowest BCUT2D eigenvalue weighted by atomic mass is 9.78. The molecule has 1 aromatic heterocycles. The molecule has 0 spiro atoms. The van der Waals surface area contributed by atoms with Crippen molar-refractivity contribution in [3.63, 3.8) is 0 Å². The highest BCUT2D eigenvalue weighted by Gasteiger charge is 2.33. The van der Waals surface area contributed by atoms with Gasteiger partial charge >= 0.3 is 0 Å². The van der Waals surface area contributed by atoms with Crippen molar-refractivity contribution in [2.24, 2.45) is 5.41 Å². The zero-order chi connectivity index (χ0) is 14.9. The van der Waals surface area contributed by atoms with Gasteiger partial charge in [-0.05, 0) is 38.3 Å². The van der Waals surface area contributed by atoms with E-state index in [0.717, 1.165) is 41.5 Å². The molecule has 1 atom stereocenters. The number of rotatable bonds is 2. The second-order valence-corrected chi connectivity index (χ2v) is 6.04. The number of aromatic nitrogens is 1. The van der Waals surface area contributed by atoms with Crippen molar-refractivity contribution in [3.05, 3.63) is 48.2 Å². The Morgan fingerprint density at radius 1 is 1.29 bits per heavy atom. The van der Waals surface area contributed by atoms with Crippen LogP contribution in [-0.2, 0) is 4.79 Å². The summed E-state index contributed by atoms with van der Waals surface area (Å²) in [6, 6.07) is 9.97. The van der Waals surface area contributed by atoms with Gasteiger partial charge in [-0.2, -0.15) is 0 Å². The van der Waals surface area contributed by atoms with Crippen molar-refractivity contribution in [2.75, 3.05) is 5.32 Å². The number of aryl methyl sites for hydroxylation is 1. The molecule has 0 bridgehead atoms. The number of nitrogens with zero attached hydrogens (tertiary/aromatic N) is 1. The number of carbonyl (C=O) groups is 1. The van der Waals surface area contributed by atoms with Crippen LogP contribution in [0.1, 0.15) is 31.9 Å². The third kappa shape index (κ3) is 2.68. The first-order valence-electron chi connectivity index (χ1n) is 7.41. The molecule has 1 heterocycles. The van der Waals surface area contributed by atoms with Gasteiger partial charge in [0.1, 0.15) is 0 Å². The van der Waals surface area contributed by atoms with Crippen LogP contribution in [0.25, 0.3) is 10.9 Å². The molecule has 1 aromatic carbocycles. The van der Waals surface area contributed by atoms with Crippen LogP contribution in [0.15, 0.2) is 42.5 Å². The van der Waals surface area contributed by atoms with Crippen molar-refractivity contribution >= 4 is 22.5 Å². The minimum Gasteiger partial charge on any atom is -0.324 e. The third-order valence-electron chi connectivity index (χ3n) is 4.31. The molecule has 0 aliphatic heterocycles. The number of para-hydroxylation sites is 1. The molecule has 108 valence electrons. The zero-order valence-corrected chi connectivity index (χ0v) is 12.5. The molecular weight excluding hydrogens is 260 g/mol. The second-order valence-electron chi connectivity index (χ2n) is 6.04. The van der Waals surface area contributed by atoms with E-state index in [9.17, 15) is 4.79 Å². The molecule has 1 aliphatic carbocycles. The van der Waals surface area contributed by atoms with Gasteiger partial charge in [-0.15, -0.1) is 0 Å². The minimum absolute atomic E-state index is 0.0898. The van der Waals surface area contributed by atoms with Crippen LogP contribution in [0.2, 0.25) is 0 Å². The maximum Gasteiger partial charge on any atom is 0.230 e. The lowest BCUT2D eigenvalue weighted by molar-refractivity contribution is -0.125. The lowest BCUT2D eigenvalue weighted by Gasteiger charge is -2.29. The van der Waals surface area contributed by atoms with Gasteiger partial charge in [0.25, 0.3) is 0 Å². The third-order valence-corrected chi connectivity index (χ3v) is 4.31. The first kappa shape index (κ1) is 13.8. The molecule has 3 rings (SSSR count). The number of carbonyl (C=O) groups excluding carboxylic acids is 1. The number of fused-ring (bicyclic) bond motifs is 1. The van der Waals surface area contributed by atoms with Gasteiger partial charge in [0, 0.05) is 5.39 Å². The molecule has 21 heavy (non-hydrogen) atoms. The Labute approximate surface area is 125 Å². The van der Waals surface area contributed by atoms with Crippen molar-refractivity contribution in [3.8, 4) is 0 Å². The summed E-state index contributed by atoms with van der Waals surface area (Å²) in [6.45, 7) is 3.97. The predicted octanol–water partition coefficient (Wildman–Crippen LogP) is 4.23. The molecule has 1 N–H and O–H groups in total. The second kappa shape index (κ2) is 5.32. The van der Waals surface area contributed by atoms with Gasteiger partial charge < -0.3 is 5.32 Å². The lowest BCUT2D eigenvalue weighted by Crippen LogP contribution is -2.34. The zero-order valence-electron chi connectivity index (χ0n) is 12.5. The molecule has 0 fully saturated rings. The SMILES string of the molecule is Cc1nc2ccccc2cc1NC(=O)C1(C)CC=CCC1. The summed E-state index contributed by atoms with van der Waals surface area (Å²) in [5.74, 6) is 0.0898. The van der Waals surface area contributed by atoms with Crippen LogP contribution in [0.3, 0.4) is 0 Å². The van der Waals surface area contributed by atoms with Gasteiger partial charge in [0.15, 0.2) is 0 Å². The van der Waals surface area contributed by atoms with Crippen molar-refractivity contribution in [2.45, 2.75) is 33.1 Å². The van der Waals surface area contributed by atoms with Crippen LogP contribution >= 0.6 is 0 Å². The van der Waals surface area contributed by atoms with E-state index >= 15 is 0 Å². The monoisotopic (exact) mass is 280 g/mol. The summed E-state index contributed by atoms with van der Waals surface area (Å²) in [4.78, 5) is 17.2. The topological polar surface area (TPSA) is 42.0 Å². The highest BCUT2D eigenvalue weighted by molar-refractivity contribution is 5.97. The van der Waals surface area contributed by atoms with Crippen LogP contribution in [0, 0.1) is 12.3 Å². The van der Waals surface area contributed by atoms with Crippen molar-refractivity contribution in [1.29, 1.82) is 0 Å². The smallest absolute Gasteiger partial charge is 0.230 e. The minimum atomic E-state index is -0.313. The largest absolute Gasteiger partial charge is 0.324 e. The number of amides is 1. The molecule has 1 amide bonds. The van der Waals surface area contributed by atoms with Crippen molar-refractivity contribution in [1.82, 2.24) is 4.98 Å². The summed E-state index contributed by atoms with van der Waals surface area (Å²) < 4.78 is 0. The van der Waals surface area contributed by atoms with Gasteiger partial charge in [-0.3, -0.25) is 9.78 Å². The van der Waals surface area contributed by atoms with Gasteiger partial charge in [0.2, 0.25) is 5.91 Å². The number of hydrogen-bond acceptors (Lipinski definition) is 2. The molecule has 0 radical (unpaired) electrons. The van der Waals surface area contributed by atoms with E-state index in [2.05, 4.69) is 22.5 Å². The molecule has 1 aliphatic rings. The maximum atomic E-state index is 12.6. The van der Waals surface area contributed by atoms with E-state index < -0.39 is 0 Å². The number of benzene rings is 1. The Bertz CT molecular complexity index is 720. The number of pyridine rings is 1. The Hall–Kier alpha value is -2.16. The van der Waals surface area contributed by atoms with Crippen LogP contribution in [0.4, 0.5) is 5.69 Å². The Balaban J connectivity index is 1.89. The van der Waals surface area contributed by atoms with Gasteiger partial charge in [-0.1, -0.05) is 37.3 Å². The highest BCUT2D eigenvalue weighted by Crippen LogP contribution is 2.34. The van der Waals surface area contributed by atoms with Crippen LogP contribution < -0.4 is 5.32 Å². The molecule has 3 nitrogen and oxygen atoms in total. The average Bonchev–Trinajstić information content (AvgIpc) is 2.48. The fourth-order valence-corrected chi connectivity index (χ4v) is 2.78. The summed E-state index contributed by atoms with van der Waals surface area (Å²) in [7, 11) is 0. The molecule has 1 unspecified atom stereocenters. The molecule has 3 heteroatoms. The van der Waals surface area contributed by atoms with Crippen LogP contribution in [-0.4, -0.2) is 10.9 Å². The molecule has 0 saturated heterocycles. The maximum absolute atomic E-state index is 12.6. The Kier molecular flexibility index (Phi) is 3.50. The van der Waals surface area contributed by atoms with Crippen molar-refractivity contribution < 1.29 is 4.79 Å². The van der Waals surface area contributed by atoms with E-state index in [1.165, 1.54) is 0 Å².